The number of carbonyl (C=O) groups is 1. The van der Waals surface area contributed by atoms with Gasteiger partial charge in [-0.05, 0) is 6.42 Å². The predicted molar refractivity (Wildman–Crippen MR) is 110 cm³/mol. The third-order valence-corrected chi connectivity index (χ3v) is 5.12. The normalized spacial score (nSPS) is 11.0. The van der Waals surface area contributed by atoms with Crippen LogP contribution >= 0.6 is 0 Å². The van der Waals surface area contributed by atoms with Crippen molar-refractivity contribution in [1.82, 2.24) is 5.48 Å². The first-order chi connectivity index (χ1) is 12.3. The Labute approximate surface area is 157 Å². The molecule has 0 unspecified atom stereocenters. The van der Waals surface area contributed by atoms with Gasteiger partial charge in [-0.2, -0.15) is 0 Å². The molecule has 0 aliphatic carbocycles. The summed E-state index contributed by atoms with van der Waals surface area (Å²) in [6, 6.07) is 0. The van der Waals surface area contributed by atoms with Gasteiger partial charge >= 0.3 is 0 Å². The maximum atomic E-state index is 10.8. The lowest BCUT2D eigenvalue weighted by Crippen LogP contribution is -2.14. The molecule has 150 valence electrons. The van der Waals surface area contributed by atoms with Crippen LogP contribution in [0.4, 0.5) is 0 Å². The molecule has 0 aromatic rings. The first-order valence-corrected chi connectivity index (χ1v) is 11.2. The number of hydrogen-bond acceptors (Lipinski definition) is 2. The minimum absolute atomic E-state index is 0.369. The van der Waals surface area contributed by atoms with Crippen LogP contribution in [0.3, 0.4) is 0 Å². The second-order valence-corrected chi connectivity index (χ2v) is 7.64. The molecule has 0 spiro atoms. The van der Waals surface area contributed by atoms with Gasteiger partial charge in [-0.15, -0.1) is 0 Å². The van der Waals surface area contributed by atoms with E-state index in [2.05, 4.69) is 6.92 Å². The van der Waals surface area contributed by atoms with E-state index in [9.17, 15) is 10.0 Å². The van der Waals surface area contributed by atoms with E-state index in [4.69, 9.17) is 0 Å². The molecule has 0 aromatic heterocycles. The van der Waals surface area contributed by atoms with Crippen LogP contribution in [0.15, 0.2) is 0 Å². The Bertz CT molecular complexity index is 269. The largest absolute Gasteiger partial charge is 0.759 e. The maximum absolute atomic E-state index is 10.8. The quantitative estimate of drug-likeness (QED) is 0.183. The van der Waals surface area contributed by atoms with Crippen molar-refractivity contribution in [2.45, 2.75) is 135 Å². The van der Waals surface area contributed by atoms with Crippen molar-refractivity contribution in [1.29, 1.82) is 0 Å². The van der Waals surface area contributed by atoms with Crippen LogP contribution in [-0.2, 0) is 4.79 Å². The fraction of sp³-hybridized carbons (Fsp3) is 0.955. The molecule has 0 bridgehead atoms. The molecule has 25 heavy (non-hydrogen) atoms. The molecule has 0 fully saturated rings. The molecule has 0 radical (unpaired) electrons. The second-order valence-electron chi connectivity index (χ2n) is 7.64. The Balaban J connectivity index is 2.99. The summed E-state index contributed by atoms with van der Waals surface area (Å²) < 4.78 is 0. The van der Waals surface area contributed by atoms with Crippen molar-refractivity contribution >= 4 is 5.91 Å². The summed E-state index contributed by atoms with van der Waals surface area (Å²) in [4.78, 5) is 10.8. The standard InChI is InChI=1S/C22H44NO2/c1-2-3-4-5-6-7-8-9-10-11-12-13-14-15-16-17-18-19-20-21-22(24)23-25/h2-21H2,1H3,(H-,23,24,25)/q-1. The van der Waals surface area contributed by atoms with E-state index in [1.807, 2.05) is 0 Å². The van der Waals surface area contributed by atoms with Crippen molar-refractivity contribution in [3.05, 3.63) is 5.21 Å². The third-order valence-electron chi connectivity index (χ3n) is 5.12. The van der Waals surface area contributed by atoms with E-state index in [1.54, 1.807) is 0 Å². The van der Waals surface area contributed by atoms with E-state index < -0.39 is 0 Å². The van der Waals surface area contributed by atoms with Crippen molar-refractivity contribution in [3.63, 3.8) is 0 Å². The summed E-state index contributed by atoms with van der Waals surface area (Å²) in [5, 5.41) is 10.1. The molecular formula is C22H44NO2-. The Morgan fingerprint density at radius 2 is 0.840 bits per heavy atom. The van der Waals surface area contributed by atoms with Crippen LogP contribution in [0, 0.1) is 5.21 Å². The Morgan fingerprint density at radius 1 is 0.560 bits per heavy atom. The lowest BCUT2D eigenvalue weighted by atomic mass is 10.0. The summed E-state index contributed by atoms with van der Waals surface area (Å²) in [6.07, 6.45) is 26.0. The van der Waals surface area contributed by atoms with Crippen molar-refractivity contribution < 1.29 is 4.79 Å². The second kappa shape index (κ2) is 21.5. The monoisotopic (exact) mass is 354 g/mol. The van der Waals surface area contributed by atoms with Gasteiger partial charge in [-0.3, -0.25) is 4.79 Å². The predicted octanol–water partition coefficient (Wildman–Crippen LogP) is 7.42. The van der Waals surface area contributed by atoms with Crippen molar-refractivity contribution in [2.24, 2.45) is 0 Å². The number of hydroxylamine groups is 1. The molecule has 0 saturated carbocycles. The maximum Gasteiger partial charge on any atom is 0.209 e. The van der Waals surface area contributed by atoms with Crippen LogP contribution in [0.1, 0.15) is 135 Å². The van der Waals surface area contributed by atoms with Crippen molar-refractivity contribution in [2.75, 3.05) is 0 Å². The zero-order chi connectivity index (χ0) is 18.4. The lowest BCUT2D eigenvalue weighted by molar-refractivity contribution is -0.120. The van der Waals surface area contributed by atoms with E-state index >= 15 is 0 Å². The third kappa shape index (κ3) is 21.4. The van der Waals surface area contributed by atoms with Crippen LogP contribution in [0.25, 0.3) is 0 Å². The summed E-state index contributed by atoms with van der Waals surface area (Å²) in [6.45, 7) is 2.28. The SMILES string of the molecule is CCCCCCCCCCCCCCCCCCCCCC(=O)N[O-]. The highest BCUT2D eigenvalue weighted by Gasteiger charge is 1.97. The smallest absolute Gasteiger partial charge is 0.209 e. The van der Waals surface area contributed by atoms with Gasteiger partial charge in [-0.25, -0.2) is 0 Å². The van der Waals surface area contributed by atoms with Crippen LogP contribution in [-0.4, -0.2) is 5.91 Å². The van der Waals surface area contributed by atoms with Gasteiger partial charge in [-0.1, -0.05) is 122 Å². The highest BCUT2D eigenvalue weighted by molar-refractivity contribution is 5.76. The number of amides is 1. The fourth-order valence-corrected chi connectivity index (χ4v) is 3.42. The zero-order valence-corrected chi connectivity index (χ0v) is 17.0. The Hall–Kier alpha value is -0.570. The first kappa shape index (κ1) is 24.4. The zero-order valence-electron chi connectivity index (χ0n) is 17.0. The van der Waals surface area contributed by atoms with Gasteiger partial charge in [0.25, 0.3) is 0 Å². The molecule has 0 aliphatic heterocycles. The molecule has 1 amide bonds. The highest BCUT2D eigenvalue weighted by atomic mass is 16.5. The average Bonchev–Trinajstić information content (AvgIpc) is 2.63. The van der Waals surface area contributed by atoms with Gasteiger partial charge in [0.05, 0.1) is 0 Å². The van der Waals surface area contributed by atoms with Crippen molar-refractivity contribution in [3.8, 4) is 0 Å². The molecule has 3 nitrogen and oxygen atoms in total. The van der Waals surface area contributed by atoms with Gasteiger partial charge in [0.15, 0.2) is 0 Å². The Kier molecular flexibility index (Phi) is 21.0. The van der Waals surface area contributed by atoms with E-state index in [-0.39, 0.29) is 5.91 Å². The molecule has 0 atom stereocenters. The van der Waals surface area contributed by atoms with Crippen LogP contribution < -0.4 is 5.48 Å². The number of nitrogens with one attached hydrogen (secondary N) is 1. The lowest BCUT2D eigenvalue weighted by Gasteiger charge is -2.06. The Morgan fingerprint density at radius 3 is 1.12 bits per heavy atom. The summed E-state index contributed by atoms with van der Waals surface area (Å²) in [5.41, 5.74) is 1.43. The number of hydrogen-bond donors (Lipinski definition) is 1. The number of unbranched alkanes of at least 4 members (excludes halogenated alkanes) is 18. The highest BCUT2D eigenvalue weighted by Crippen LogP contribution is 2.14. The average molecular weight is 355 g/mol. The molecule has 0 aliphatic rings. The van der Waals surface area contributed by atoms with Gasteiger partial charge in [0.2, 0.25) is 5.91 Å². The van der Waals surface area contributed by atoms with Crippen LogP contribution in [0.5, 0.6) is 0 Å². The number of carbonyl (C=O) groups excluding carboxylic acids is 1. The van der Waals surface area contributed by atoms with E-state index in [0.29, 0.717) is 6.42 Å². The minimum Gasteiger partial charge on any atom is -0.759 e. The molecule has 0 rings (SSSR count). The molecule has 0 heterocycles. The topological polar surface area (TPSA) is 52.2 Å². The van der Waals surface area contributed by atoms with Gasteiger partial charge in [0.1, 0.15) is 0 Å². The summed E-state index contributed by atoms with van der Waals surface area (Å²) in [5.74, 6) is -0.369. The number of rotatable bonds is 20. The van der Waals surface area contributed by atoms with Gasteiger partial charge in [0, 0.05) is 6.42 Å². The van der Waals surface area contributed by atoms with E-state index in [0.717, 1.165) is 12.8 Å². The molecule has 1 N–H and O–H groups in total. The molecule has 0 aromatic carbocycles. The molecular weight excluding hydrogens is 310 g/mol. The molecule has 0 saturated heterocycles. The fourth-order valence-electron chi connectivity index (χ4n) is 3.42. The first-order valence-electron chi connectivity index (χ1n) is 11.2. The minimum atomic E-state index is -0.369. The van der Waals surface area contributed by atoms with E-state index in [1.165, 1.54) is 115 Å². The summed E-state index contributed by atoms with van der Waals surface area (Å²) >= 11 is 0. The molecule has 3 heteroatoms. The summed E-state index contributed by atoms with van der Waals surface area (Å²) in [7, 11) is 0. The van der Waals surface area contributed by atoms with Crippen LogP contribution in [0.2, 0.25) is 0 Å². The van der Waals surface area contributed by atoms with Gasteiger partial charge < -0.3 is 10.7 Å².